The third-order valence-corrected chi connectivity index (χ3v) is 12.6. The smallest absolute Gasteiger partial charge is 0.00931 e. The Hall–Kier alpha value is -6.94. The molecule has 3 atom stereocenters. The lowest BCUT2D eigenvalue weighted by Gasteiger charge is -2.36. The van der Waals surface area contributed by atoms with Crippen LogP contribution < -0.4 is 0 Å². The van der Waals surface area contributed by atoms with Crippen molar-refractivity contribution < 1.29 is 0 Å². The third kappa shape index (κ3) is 23.7. The third-order valence-electron chi connectivity index (χ3n) is 12.6. The minimum absolute atomic E-state index is 0.597. The van der Waals surface area contributed by atoms with E-state index in [2.05, 4.69) is 245 Å². The summed E-state index contributed by atoms with van der Waals surface area (Å²) in [6.45, 7) is 45.1. The maximum Gasteiger partial charge on any atom is -0.00931 e. The average Bonchev–Trinajstić information content (AvgIpc) is 3.45. The summed E-state index contributed by atoms with van der Waals surface area (Å²) in [7, 11) is 0. The SMILES string of the molecule is C#C.C=C(C)CC.C=C(C)CC.C=C(C)c1cccc(-c2ccc(-c3ccc(-c4ccccc4)cc3)cc2)c1.CC.CC.CC.Cc1ccccc1.Cc1ccccc1C1=CCC(c2ccccc2C)C(C)C1C. The molecule has 0 N–H and O–H groups in total. The first-order chi connectivity index (χ1) is 35.7. The summed E-state index contributed by atoms with van der Waals surface area (Å²) in [4.78, 5) is 0. The number of hydrogen-bond donors (Lipinski definition) is 0. The van der Waals surface area contributed by atoms with Crippen LogP contribution in [0.1, 0.15) is 149 Å². The van der Waals surface area contributed by atoms with Gasteiger partial charge in [0.2, 0.25) is 0 Å². The number of aryl methyl sites for hydroxylation is 3. The highest BCUT2D eigenvalue weighted by molar-refractivity contribution is 5.75. The molecule has 0 aromatic heterocycles. The number of terminal acetylenes is 1. The molecule has 0 amide bonds. The quantitative estimate of drug-likeness (QED) is 0.105. The molecule has 0 nitrogen and oxygen atoms in total. The van der Waals surface area contributed by atoms with Gasteiger partial charge in [0.25, 0.3) is 0 Å². The minimum atomic E-state index is 0.597. The lowest BCUT2D eigenvalue weighted by atomic mass is 9.68. The summed E-state index contributed by atoms with van der Waals surface area (Å²) in [5, 5.41) is 0. The molecule has 0 saturated carbocycles. The molecule has 7 aromatic carbocycles. The standard InChI is InChI=1S/C27H22.C22H26.C7H8.2C5H10.3C2H6.C2H2/c1-20(2)26-9-6-10-27(19-26)25-17-15-24(16-18-25)23-13-11-22(12-14-23)21-7-4-3-5-8-21;1-15-9-5-7-11-19(15)21-13-14-22(18(4)17(21)3)20-12-8-6-10-16(20)2;1-7-5-3-2-4-6-7;2*1-4-5(2)3;4*1-2/h3-19H,1H2,2H3;5-13,17-18,22H,14H2,1-4H3;2-6H,1H3;2*2,4H2,1,3H3;3*1-2H3;1-2H. The maximum absolute atomic E-state index is 4.04. The van der Waals surface area contributed by atoms with Crippen molar-refractivity contribution >= 4 is 11.1 Å². The molecule has 0 bridgehead atoms. The van der Waals surface area contributed by atoms with Crippen LogP contribution in [0, 0.1) is 45.5 Å². The summed E-state index contributed by atoms with van der Waals surface area (Å²) >= 11 is 0. The molecule has 0 aliphatic heterocycles. The molecule has 7 aromatic rings. The second-order valence-corrected chi connectivity index (χ2v) is 18.0. The second-order valence-electron chi connectivity index (χ2n) is 18.0. The van der Waals surface area contributed by atoms with Gasteiger partial charge in [-0.15, -0.1) is 26.0 Å². The van der Waals surface area contributed by atoms with Crippen molar-refractivity contribution in [3.05, 3.63) is 252 Å². The largest absolute Gasteiger partial charge is 0.124 e. The van der Waals surface area contributed by atoms with E-state index in [1.54, 1.807) is 0 Å². The second kappa shape index (κ2) is 39.6. The highest BCUT2D eigenvalue weighted by Crippen LogP contribution is 2.45. The summed E-state index contributed by atoms with van der Waals surface area (Å²) in [6, 6.07) is 64.5. The molecule has 1 aliphatic carbocycles. The highest BCUT2D eigenvalue weighted by Gasteiger charge is 2.31. The lowest BCUT2D eigenvalue weighted by molar-refractivity contribution is 0.369. The first-order valence-electron chi connectivity index (χ1n) is 27.2. The van der Waals surface area contributed by atoms with E-state index in [9.17, 15) is 0 Å². The van der Waals surface area contributed by atoms with Crippen LogP contribution in [0.5, 0.6) is 0 Å². The Morgan fingerprint density at radius 1 is 0.459 bits per heavy atom. The van der Waals surface area contributed by atoms with E-state index >= 15 is 0 Å². The molecular formula is C74H96. The van der Waals surface area contributed by atoms with Gasteiger partial charge in [-0.25, -0.2) is 0 Å². The first-order valence-corrected chi connectivity index (χ1v) is 27.2. The Balaban J connectivity index is 0.00000100. The van der Waals surface area contributed by atoms with Gasteiger partial charge in [0.05, 0.1) is 0 Å². The van der Waals surface area contributed by atoms with E-state index in [0.29, 0.717) is 17.8 Å². The van der Waals surface area contributed by atoms with Gasteiger partial charge in [0.15, 0.2) is 0 Å². The van der Waals surface area contributed by atoms with Crippen LogP contribution in [0.4, 0.5) is 0 Å². The van der Waals surface area contributed by atoms with Gasteiger partial charge in [0.1, 0.15) is 0 Å². The van der Waals surface area contributed by atoms with Gasteiger partial charge in [-0.3, -0.25) is 0 Å². The molecule has 8 rings (SSSR count). The Morgan fingerprint density at radius 2 is 0.824 bits per heavy atom. The van der Waals surface area contributed by atoms with Gasteiger partial charge < -0.3 is 0 Å². The van der Waals surface area contributed by atoms with Crippen molar-refractivity contribution in [1.29, 1.82) is 0 Å². The highest BCUT2D eigenvalue weighted by atomic mass is 14.4. The molecule has 74 heavy (non-hydrogen) atoms. The summed E-state index contributed by atoms with van der Waals surface area (Å²) in [6.07, 6.45) is 13.9. The van der Waals surface area contributed by atoms with Crippen LogP contribution in [-0.4, -0.2) is 0 Å². The zero-order valence-electron chi connectivity index (χ0n) is 49.0. The minimum Gasteiger partial charge on any atom is -0.124 e. The fraction of sp³-hybridized carbons (Fsp3) is 0.297. The van der Waals surface area contributed by atoms with Crippen LogP contribution >= 0.6 is 0 Å². The van der Waals surface area contributed by atoms with Gasteiger partial charge >= 0.3 is 0 Å². The van der Waals surface area contributed by atoms with Gasteiger partial charge in [0, 0.05) is 0 Å². The van der Waals surface area contributed by atoms with Crippen LogP contribution in [-0.2, 0) is 0 Å². The average molecular weight is 986 g/mol. The molecular weight excluding hydrogens is 889 g/mol. The number of rotatable bonds is 8. The van der Waals surface area contributed by atoms with Crippen LogP contribution in [0.2, 0.25) is 0 Å². The Kier molecular flexibility index (Phi) is 35.9. The number of allylic oxidation sites excluding steroid dienone is 5. The zero-order chi connectivity index (χ0) is 56.0. The van der Waals surface area contributed by atoms with Crippen molar-refractivity contribution in [2.75, 3.05) is 0 Å². The zero-order valence-corrected chi connectivity index (χ0v) is 49.0. The number of benzene rings is 7. The Bertz CT molecular complexity index is 2620. The maximum atomic E-state index is 4.04. The van der Waals surface area contributed by atoms with Crippen molar-refractivity contribution in [3.8, 4) is 46.2 Å². The number of hydrogen-bond acceptors (Lipinski definition) is 0. The molecule has 0 radical (unpaired) electrons. The van der Waals surface area contributed by atoms with Crippen LogP contribution in [0.15, 0.2) is 219 Å². The monoisotopic (exact) mass is 985 g/mol. The van der Waals surface area contributed by atoms with Crippen molar-refractivity contribution in [3.63, 3.8) is 0 Å². The summed E-state index contributed by atoms with van der Waals surface area (Å²) in [5.74, 6) is 1.91. The molecule has 0 heteroatoms. The van der Waals surface area contributed by atoms with E-state index in [1.807, 2.05) is 86.6 Å². The van der Waals surface area contributed by atoms with Crippen LogP contribution in [0.3, 0.4) is 0 Å². The molecule has 0 fully saturated rings. The fourth-order valence-electron chi connectivity index (χ4n) is 7.79. The topological polar surface area (TPSA) is 0 Å². The van der Waals surface area contributed by atoms with Crippen molar-refractivity contribution in [2.24, 2.45) is 11.8 Å². The van der Waals surface area contributed by atoms with Crippen LogP contribution in [0.25, 0.3) is 44.5 Å². The lowest BCUT2D eigenvalue weighted by Crippen LogP contribution is -2.23. The Labute approximate surface area is 455 Å². The van der Waals surface area contributed by atoms with Gasteiger partial charge in [-0.1, -0.05) is 280 Å². The molecule has 0 saturated heterocycles. The van der Waals surface area contributed by atoms with E-state index in [4.69, 9.17) is 0 Å². The molecule has 1 aliphatic rings. The van der Waals surface area contributed by atoms with Crippen molar-refractivity contribution in [1.82, 2.24) is 0 Å². The van der Waals surface area contributed by atoms with E-state index < -0.39 is 0 Å². The predicted octanol–water partition coefficient (Wildman–Crippen LogP) is 23.1. The van der Waals surface area contributed by atoms with Gasteiger partial charge in [-0.2, -0.15) is 0 Å². The van der Waals surface area contributed by atoms with E-state index in [1.165, 1.54) is 83.5 Å². The van der Waals surface area contributed by atoms with Gasteiger partial charge in [-0.05, 0) is 151 Å². The molecule has 392 valence electrons. The van der Waals surface area contributed by atoms with Crippen molar-refractivity contribution in [2.45, 2.75) is 136 Å². The molecule has 0 heterocycles. The molecule has 3 unspecified atom stereocenters. The van der Waals surface area contributed by atoms with E-state index in [-0.39, 0.29) is 0 Å². The first kappa shape index (κ1) is 67.1. The summed E-state index contributed by atoms with van der Waals surface area (Å²) < 4.78 is 0. The van der Waals surface area contributed by atoms with E-state index in [0.717, 1.165) is 24.8 Å². The predicted molar refractivity (Wildman–Crippen MR) is 339 cm³/mol. The Morgan fingerprint density at radius 3 is 1.22 bits per heavy atom. The fourth-order valence-corrected chi connectivity index (χ4v) is 7.79. The normalized spacial score (nSPS) is 13.4. The summed E-state index contributed by atoms with van der Waals surface area (Å²) in [5.41, 5.74) is 20.8. The molecule has 0 spiro atoms.